The van der Waals surface area contributed by atoms with E-state index in [-0.39, 0.29) is 0 Å². The van der Waals surface area contributed by atoms with Crippen molar-refractivity contribution >= 4 is 5.97 Å². The van der Waals surface area contributed by atoms with E-state index in [0.717, 1.165) is 12.1 Å². The van der Waals surface area contributed by atoms with E-state index in [1.165, 1.54) is 5.56 Å². The van der Waals surface area contributed by atoms with Gasteiger partial charge in [0.05, 0.1) is 5.69 Å². The van der Waals surface area contributed by atoms with Crippen LogP contribution in [0.25, 0.3) is 0 Å². The van der Waals surface area contributed by atoms with Crippen LogP contribution >= 0.6 is 0 Å². The Hall–Kier alpha value is -1.68. The van der Waals surface area contributed by atoms with E-state index in [0.29, 0.717) is 25.1 Å². The summed E-state index contributed by atoms with van der Waals surface area (Å²) in [5.74, 6) is -0.841. The van der Waals surface area contributed by atoms with Crippen LogP contribution in [0, 0.1) is 0 Å². The number of carboxylic acids is 1. The molecule has 0 aliphatic carbocycles. The van der Waals surface area contributed by atoms with Gasteiger partial charge in [-0.3, -0.25) is 4.98 Å². The van der Waals surface area contributed by atoms with Crippen molar-refractivity contribution in [3.8, 4) is 0 Å². The zero-order valence-corrected chi connectivity index (χ0v) is 10.9. The van der Waals surface area contributed by atoms with Crippen molar-refractivity contribution in [1.29, 1.82) is 0 Å². The summed E-state index contributed by atoms with van der Waals surface area (Å²) in [6.45, 7) is 5.15. The minimum atomic E-state index is -0.841. The maximum absolute atomic E-state index is 10.8. The molecule has 2 N–H and O–H groups in total. The number of rotatable bonds is 7. The van der Waals surface area contributed by atoms with Crippen LogP contribution < -0.4 is 5.32 Å². The quantitative estimate of drug-likeness (QED) is 0.573. The molecule has 0 aliphatic heterocycles. The standard InChI is InChI=1S/C14H20N2O2/c1-3-11-6-5-8-16-13(11)10-15-9-7-12(4-2)14(17)18/h5-8,15H,3-4,9-10H2,1-2H3,(H,17,18)/b12-7-. The van der Waals surface area contributed by atoms with Gasteiger partial charge in [0.25, 0.3) is 0 Å². The van der Waals surface area contributed by atoms with Crippen molar-refractivity contribution < 1.29 is 9.90 Å². The van der Waals surface area contributed by atoms with Crippen LogP contribution in [0.4, 0.5) is 0 Å². The normalized spacial score (nSPS) is 11.6. The van der Waals surface area contributed by atoms with Gasteiger partial charge < -0.3 is 10.4 Å². The number of aryl methyl sites for hydroxylation is 1. The number of hydrogen-bond acceptors (Lipinski definition) is 3. The fourth-order valence-electron chi connectivity index (χ4n) is 1.72. The van der Waals surface area contributed by atoms with E-state index in [2.05, 4.69) is 23.3 Å². The number of aliphatic carboxylic acids is 1. The van der Waals surface area contributed by atoms with E-state index in [9.17, 15) is 4.79 Å². The SMILES string of the molecule is CC/C(=C/CNCc1ncccc1CC)C(=O)O. The minimum absolute atomic E-state index is 0.444. The Morgan fingerprint density at radius 2 is 2.28 bits per heavy atom. The Morgan fingerprint density at radius 1 is 1.50 bits per heavy atom. The summed E-state index contributed by atoms with van der Waals surface area (Å²) >= 11 is 0. The Morgan fingerprint density at radius 3 is 2.89 bits per heavy atom. The van der Waals surface area contributed by atoms with Gasteiger partial charge >= 0.3 is 5.97 Å². The van der Waals surface area contributed by atoms with Crippen molar-refractivity contribution in [2.24, 2.45) is 0 Å². The smallest absolute Gasteiger partial charge is 0.331 e. The fraction of sp³-hybridized carbons (Fsp3) is 0.429. The van der Waals surface area contributed by atoms with Crippen molar-refractivity contribution in [1.82, 2.24) is 10.3 Å². The largest absolute Gasteiger partial charge is 0.478 e. The Kier molecular flexibility index (Phi) is 6.08. The predicted octanol–water partition coefficient (Wildman–Crippen LogP) is 2.15. The maximum atomic E-state index is 10.8. The molecule has 1 heterocycles. The second-order valence-electron chi connectivity index (χ2n) is 3.98. The molecule has 0 unspecified atom stereocenters. The highest BCUT2D eigenvalue weighted by Crippen LogP contribution is 2.05. The number of nitrogens with zero attached hydrogens (tertiary/aromatic N) is 1. The molecule has 18 heavy (non-hydrogen) atoms. The first-order valence-electron chi connectivity index (χ1n) is 6.24. The summed E-state index contributed by atoms with van der Waals surface area (Å²) in [6, 6.07) is 4.00. The lowest BCUT2D eigenvalue weighted by Crippen LogP contribution is -2.16. The van der Waals surface area contributed by atoms with Crippen molar-refractivity contribution in [3.63, 3.8) is 0 Å². The molecule has 0 fully saturated rings. The van der Waals surface area contributed by atoms with Gasteiger partial charge in [-0.2, -0.15) is 0 Å². The minimum Gasteiger partial charge on any atom is -0.478 e. The number of carboxylic acid groups (broad SMARTS) is 1. The van der Waals surface area contributed by atoms with E-state index in [1.807, 2.05) is 13.0 Å². The molecule has 0 aliphatic rings. The lowest BCUT2D eigenvalue weighted by atomic mass is 10.1. The van der Waals surface area contributed by atoms with Gasteiger partial charge in [0.2, 0.25) is 0 Å². The van der Waals surface area contributed by atoms with Gasteiger partial charge in [-0.25, -0.2) is 4.79 Å². The molecule has 1 aromatic rings. The lowest BCUT2D eigenvalue weighted by Gasteiger charge is -2.06. The average molecular weight is 248 g/mol. The molecule has 0 bridgehead atoms. The van der Waals surface area contributed by atoms with E-state index in [4.69, 9.17) is 5.11 Å². The molecule has 0 aromatic carbocycles. The molecule has 0 atom stereocenters. The van der Waals surface area contributed by atoms with Gasteiger partial charge in [-0.1, -0.05) is 26.0 Å². The Balaban J connectivity index is 2.49. The number of carbonyl (C=O) groups is 1. The molecule has 4 nitrogen and oxygen atoms in total. The molecule has 0 saturated heterocycles. The van der Waals surface area contributed by atoms with Gasteiger partial charge in [0.15, 0.2) is 0 Å². The first-order chi connectivity index (χ1) is 8.69. The first kappa shape index (κ1) is 14.4. The molecule has 1 aromatic heterocycles. The topological polar surface area (TPSA) is 62.2 Å². The van der Waals surface area contributed by atoms with E-state index >= 15 is 0 Å². The first-order valence-corrected chi connectivity index (χ1v) is 6.24. The summed E-state index contributed by atoms with van der Waals surface area (Å²) in [5.41, 5.74) is 2.70. The van der Waals surface area contributed by atoms with E-state index in [1.54, 1.807) is 12.3 Å². The van der Waals surface area contributed by atoms with Crippen molar-refractivity contribution in [2.75, 3.05) is 6.54 Å². The van der Waals surface area contributed by atoms with Crippen LogP contribution in [0.5, 0.6) is 0 Å². The molecular weight excluding hydrogens is 228 g/mol. The summed E-state index contributed by atoms with van der Waals surface area (Å²) in [7, 11) is 0. The number of nitrogens with one attached hydrogen (secondary N) is 1. The second-order valence-corrected chi connectivity index (χ2v) is 3.98. The summed E-state index contributed by atoms with van der Waals surface area (Å²) in [6.07, 6.45) is 4.99. The Labute approximate surface area is 108 Å². The van der Waals surface area contributed by atoms with Crippen LogP contribution in [-0.4, -0.2) is 22.6 Å². The van der Waals surface area contributed by atoms with Crippen LogP contribution in [0.15, 0.2) is 30.0 Å². The molecule has 0 saturated carbocycles. The van der Waals surface area contributed by atoms with Crippen molar-refractivity contribution in [2.45, 2.75) is 33.2 Å². The zero-order chi connectivity index (χ0) is 13.4. The highest BCUT2D eigenvalue weighted by molar-refractivity contribution is 5.86. The van der Waals surface area contributed by atoms with Gasteiger partial charge in [-0.05, 0) is 24.5 Å². The zero-order valence-electron chi connectivity index (χ0n) is 10.9. The summed E-state index contributed by atoms with van der Waals surface area (Å²) in [4.78, 5) is 15.1. The van der Waals surface area contributed by atoms with E-state index < -0.39 is 5.97 Å². The van der Waals surface area contributed by atoms with Crippen LogP contribution in [0.2, 0.25) is 0 Å². The molecule has 4 heteroatoms. The predicted molar refractivity (Wildman–Crippen MR) is 71.3 cm³/mol. The molecule has 0 radical (unpaired) electrons. The second kappa shape index (κ2) is 7.61. The lowest BCUT2D eigenvalue weighted by molar-refractivity contribution is -0.132. The number of hydrogen-bond donors (Lipinski definition) is 2. The number of pyridine rings is 1. The van der Waals surface area contributed by atoms with Crippen molar-refractivity contribution in [3.05, 3.63) is 41.2 Å². The van der Waals surface area contributed by atoms with Crippen LogP contribution in [0.1, 0.15) is 31.5 Å². The fourth-order valence-corrected chi connectivity index (χ4v) is 1.72. The van der Waals surface area contributed by atoms with Crippen LogP contribution in [0.3, 0.4) is 0 Å². The molecule has 1 rings (SSSR count). The highest BCUT2D eigenvalue weighted by Gasteiger charge is 2.03. The summed E-state index contributed by atoms with van der Waals surface area (Å²) in [5, 5.41) is 12.1. The average Bonchev–Trinajstić information content (AvgIpc) is 2.38. The third-order valence-electron chi connectivity index (χ3n) is 2.81. The monoisotopic (exact) mass is 248 g/mol. The molecular formula is C14H20N2O2. The maximum Gasteiger partial charge on any atom is 0.331 e. The van der Waals surface area contributed by atoms with Gasteiger partial charge in [0.1, 0.15) is 0 Å². The molecule has 0 spiro atoms. The molecule has 98 valence electrons. The summed E-state index contributed by atoms with van der Waals surface area (Å²) < 4.78 is 0. The third kappa shape index (κ3) is 4.30. The van der Waals surface area contributed by atoms with Gasteiger partial charge in [0, 0.05) is 24.9 Å². The highest BCUT2D eigenvalue weighted by atomic mass is 16.4. The number of aromatic nitrogens is 1. The third-order valence-corrected chi connectivity index (χ3v) is 2.81. The molecule has 0 amide bonds. The Bertz CT molecular complexity index is 428. The van der Waals surface area contributed by atoms with Crippen LogP contribution in [-0.2, 0) is 17.8 Å². The van der Waals surface area contributed by atoms with Gasteiger partial charge in [-0.15, -0.1) is 0 Å².